The minimum absolute atomic E-state index is 0.0184. The van der Waals surface area contributed by atoms with Crippen molar-refractivity contribution >= 4 is 23.5 Å². The van der Waals surface area contributed by atoms with Crippen molar-refractivity contribution < 1.29 is 57.1 Å². The summed E-state index contributed by atoms with van der Waals surface area (Å²) in [6.07, 6.45) is -12.8. The molecule has 1 aliphatic carbocycles. The monoisotopic (exact) mass is 590 g/mol. The molecule has 0 saturated carbocycles. The smallest absolute Gasteiger partial charge is 0.205 e. The van der Waals surface area contributed by atoms with Gasteiger partial charge in [-0.15, -0.1) is 11.8 Å². The van der Waals surface area contributed by atoms with Gasteiger partial charge in [-0.3, -0.25) is 0 Å². The van der Waals surface area contributed by atoms with Gasteiger partial charge in [0.25, 0.3) is 0 Å². The van der Waals surface area contributed by atoms with Crippen molar-refractivity contribution in [1.82, 2.24) is 0 Å². The van der Waals surface area contributed by atoms with Crippen LogP contribution in [0.15, 0.2) is 34.1 Å². The van der Waals surface area contributed by atoms with E-state index in [9.17, 15) is 52.7 Å². The van der Waals surface area contributed by atoms with E-state index >= 15 is 4.39 Å². The second-order valence-electron chi connectivity index (χ2n) is 8.00. The second-order valence-corrected chi connectivity index (χ2v) is 10.2. The Kier molecular flexibility index (Phi) is 7.86. The van der Waals surface area contributed by atoms with Crippen LogP contribution in [0.4, 0.5) is 57.1 Å². The van der Waals surface area contributed by atoms with Crippen molar-refractivity contribution in [3.8, 4) is 11.1 Å². The standard InChI is InChI=1S/C22H15F13S2/c1-2-3-8-36-17-15(23)13-11-7-5-4-6-10(11)9-12(13)14(18(24,25)26)16(17)37-22(34,35)20(29,30)19(27,28)21(31,32)33/h4-7H,2-3,8-9H2,1H3. The first-order valence-electron chi connectivity index (χ1n) is 10.3. The summed E-state index contributed by atoms with van der Waals surface area (Å²) >= 11 is -1.60. The summed E-state index contributed by atoms with van der Waals surface area (Å²) in [4.78, 5) is -3.06. The normalized spacial score (nSPS) is 14.6. The molecule has 0 aliphatic heterocycles. The summed E-state index contributed by atoms with van der Waals surface area (Å²) in [6.45, 7) is 1.63. The molecule has 0 saturated heterocycles. The van der Waals surface area contributed by atoms with Crippen LogP contribution in [0, 0.1) is 5.82 Å². The molecule has 1 aliphatic rings. The highest BCUT2D eigenvalue weighted by Gasteiger charge is 2.82. The quantitative estimate of drug-likeness (QED) is 0.146. The van der Waals surface area contributed by atoms with Crippen molar-refractivity contribution in [3.63, 3.8) is 0 Å². The van der Waals surface area contributed by atoms with Crippen LogP contribution in [-0.4, -0.2) is 29.0 Å². The van der Waals surface area contributed by atoms with Crippen molar-refractivity contribution in [3.05, 3.63) is 46.8 Å². The van der Waals surface area contributed by atoms with E-state index in [1.165, 1.54) is 24.3 Å². The molecular weight excluding hydrogens is 575 g/mol. The molecule has 0 aromatic heterocycles. The summed E-state index contributed by atoms with van der Waals surface area (Å²) in [5, 5.41) is -6.43. The van der Waals surface area contributed by atoms with E-state index in [0.29, 0.717) is 6.42 Å². The van der Waals surface area contributed by atoms with Crippen LogP contribution in [-0.2, 0) is 12.6 Å². The molecule has 0 bridgehead atoms. The molecule has 0 N–H and O–H groups in total. The first-order chi connectivity index (χ1) is 16.8. The van der Waals surface area contributed by atoms with Crippen molar-refractivity contribution in [1.29, 1.82) is 0 Å². The zero-order valence-electron chi connectivity index (χ0n) is 18.4. The summed E-state index contributed by atoms with van der Waals surface area (Å²) in [7, 11) is 0. The van der Waals surface area contributed by atoms with Gasteiger partial charge in [0, 0.05) is 10.5 Å². The van der Waals surface area contributed by atoms with E-state index in [4.69, 9.17) is 0 Å². The van der Waals surface area contributed by atoms with Gasteiger partial charge in [0.15, 0.2) is 0 Å². The maximum Gasteiger partial charge on any atom is 0.460 e. The fourth-order valence-corrected chi connectivity index (χ4v) is 6.12. The SMILES string of the molecule is CCCCSc1c(F)c2c(c(C(F)(F)F)c1SC(F)(F)C(F)(F)C(F)(F)C(F)(F)F)Cc1ccccc1-2. The maximum atomic E-state index is 15.6. The Balaban J connectivity index is 2.31. The van der Waals surface area contributed by atoms with E-state index in [-0.39, 0.29) is 35.1 Å². The van der Waals surface area contributed by atoms with Crippen LogP contribution in [0.1, 0.15) is 36.5 Å². The number of rotatable bonds is 8. The van der Waals surface area contributed by atoms with Crippen LogP contribution in [0.2, 0.25) is 0 Å². The number of halogens is 13. The number of hydrogen-bond donors (Lipinski definition) is 0. The number of thioether (sulfide) groups is 2. The molecule has 0 unspecified atom stereocenters. The lowest BCUT2D eigenvalue weighted by molar-refractivity contribution is -0.381. The number of unbranched alkanes of at least 4 members (excludes halogenated alkanes) is 1. The molecule has 0 amide bonds. The average molecular weight is 590 g/mol. The Morgan fingerprint density at radius 3 is 1.95 bits per heavy atom. The van der Waals surface area contributed by atoms with Gasteiger partial charge in [-0.2, -0.15) is 52.7 Å². The van der Waals surface area contributed by atoms with Crippen LogP contribution in [0.3, 0.4) is 0 Å². The molecule has 0 nitrogen and oxygen atoms in total. The first kappa shape index (κ1) is 29.8. The largest absolute Gasteiger partial charge is 0.460 e. The second kappa shape index (κ2) is 9.76. The summed E-state index contributed by atoms with van der Waals surface area (Å²) < 4.78 is 180. The molecule has 2 aromatic carbocycles. The third-order valence-corrected chi connectivity index (χ3v) is 7.90. The molecular formula is C22H15F13S2. The van der Waals surface area contributed by atoms with E-state index < -0.39 is 79.9 Å². The zero-order valence-corrected chi connectivity index (χ0v) is 20.0. The van der Waals surface area contributed by atoms with Crippen LogP contribution >= 0.6 is 23.5 Å². The Morgan fingerprint density at radius 1 is 0.811 bits per heavy atom. The molecule has 0 spiro atoms. The van der Waals surface area contributed by atoms with Crippen molar-refractivity contribution in [2.24, 2.45) is 0 Å². The van der Waals surface area contributed by atoms with Gasteiger partial charge in [0.1, 0.15) is 5.82 Å². The zero-order chi connectivity index (χ0) is 28.2. The number of alkyl halides is 12. The van der Waals surface area contributed by atoms with Gasteiger partial charge in [-0.1, -0.05) is 37.6 Å². The van der Waals surface area contributed by atoms with Gasteiger partial charge >= 0.3 is 29.5 Å². The molecule has 0 radical (unpaired) electrons. The van der Waals surface area contributed by atoms with Crippen LogP contribution in [0.25, 0.3) is 11.1 Å². The van der Waals surface area contributed by atoms with Crippen LogP contribution in [0.5, 0.6) is 0 Å². The van der Waals surface area contributed by atoms with E-state index in [1.54, 1.807) is 6.92 Å². The highest BCUT2D eigenvalue weighted by molar-refractivity contribution is 8.03. The summed E-state index contributed by atoms with van der Waals surface area (Å²) in [5.41, 5.74) is -3.39. The Morgan fingerprint density at radius 2 is 1.41 bits per heavy atom. The number of benzene rings is 2. The van der Waals surface area contributed by atoms with E-state index in [1.807, 2.05) is 0 Å². The molecule has 206 valence electrons. The fourth-order valence-electron chi connectivity index (χ4n) is 3.69. The lowest BCUT2D eigenvalue weighted by atomic mass is 10.00. The third-order valence-electron chi connectivity index (χ3n) is 5.48. The maximum absolute atomic E-state index is 15.6. The highest BCUT2D eigenvalue weighted by atomic mass is 32.2. The van der Waals surface area contributed by atoms with Crippen molar-refractivity contribution in [2.75, 3.05) is 5.75 Å². The Labute approximate surface area is 210 Å². The summed E-state index contributed by atoms with van der Waals surface area (Å²) in [6, 6.07) is 5.33. The Bertz CT molecular complexity index is 1170. The topological polar surface area (TPSA) is 0 Å². The van der Waals surface area contributed by atoms with Crippen molar-refractivity contribution in [2.45, 2.75) is 65.4 Å². The number of fused-ring (bicyclic) bond motifs is 3. The lowest BCUT2D eigenvalue weighted by Crippen LogP contribution is -2.59. The summed E-state index contributed by atoms with van der Waals surface area (Å²) in [5.74, 6) is -16.2. The van der Waals surface area contributed by atoms with Gasteiger partial charge in [0.2, 0.25) is 0 Å². The number of hydrogen-bond acceptors (Lipinski definition) is 2. The minimum atomic E-state index is -7.31. The molecule has 0 atom stereocenters. The first-order valence-corrected chi connectivity index (χ1v) is 12.2. The molecule has 0 fully saturated rings. The molecule has 0 heterocycles. The average Bonchev–Trinajstić information content (AvgIpc) is 3.12. The predicted molar refractivity (Wildman–Crippen MR) is 112 cm³/mol. The minimum Gasteiger partial charge on any atom is -0.205 e. The van der Waals surface area contributed by atoms with Gasteiger partial charge in [-0.25, -0.2) is 4.39 Å². The molecule has 2 aromatic rings. The molecule has 37 heavy (non-hydrogen) atoms. The highest BCUT2D eigenvalue weighted by Crippen LogP contribution is 2.61. The van der Waals surface area contributed by atoms with Gasteiger partial charge in [-0.05, 0) is 47.0 Å². The molecule has 15 heteroatoms. The lowest BCUT2D eigenvalue weighted by Gasteiger charge is -2.34. The van der Waals surface area contributed by atoms with E-state index in [2.05, 4.69) is 0 Å². The Hall–Kier alpha value is -1.77. The predicted octanol–water partition coefficient (Wildman–Crippen LogP) is 9.83. The van der Waals surface area contributed by atoms with Gasteiger partial charge < -0.3 is 0 Å². The van der Waals surface area contributed by atoms with Crippen LogP contribution < -0.4 is 0 Å². The molecule has 3 rings (SSSR count). The van der Waals surface area contributed by atoms with E-state index in [0.717, 1.165) is 0 Å². The third kappa shape index (κ3) is 5.01. The van der Waals surface area contributed by atoms with Gasteiger partial charge in [0.05, 0.1) is 10.5 Å². The fraction of sp³-hybridized carbons (Fsp3) is 0.455.